The summed E-state index contributed by atoms with van der Waals surface area (Å²) < 4.78 is 0. The van der Waals surface area contributed by atoms with E-state index in [4.69, 9.17) is 5.73 Å². The lowest BCUT2D eigenvalue weighted by molar-refractivity contribution is 0.982. The topological polar surface area (TPSA) is 63.8 Å². The number of hydrogen-bond donors (Lipinski definition) is 2. The van der Waals surface area contributed by atoms with Gasteiger partial charge in [-0.1, -0.05) is 29.8 Å². The molecule has 0 fully saturated rings. The van der Waals surface area contributed by atoms with Crippen molar-refractivity contribution in [3.05, 3.63) is 47.3 Å². The van der Waals surface area contributed by atoms with E-state index in [9.17, 15) is 0 Å². The quantitative estimate of drug-likeness (QED) is 0.863. The van der Waals surface area contributed by atoms with E-state index in [0.29, 0.717) is 11.6 Å². The number of nitrogens with one attached hydrogen (secondary N) is 1. The molecule has 0 aliphatic rings. The third-order valence-electron chi connectivity index (χ3n) is 2.66. The van der Waals surface area contributed by atoms with Crippen LogP contribution in [0.4, 0.5) is 11.6 Å². The van der Waals surface area contributed by atoms with Gasteiger partial charge in [0.05, 0.1) is 0 Å². The summed E-state index contributed by atoms with van der Waals surface area (Å²) in [5.41, 5.74) is 8.28. The average Bonchev–Trinajstić information content (AvgIpc) is 2.27. The van der Waals surface area contributed by atoms with Crippen molar-refractivity contribution in [2.45, 2.75) is 20.3 Å². The SMILES string of the molecule is Cc1cccc(CCNc2cc(N)nc(C)n2)c1. The fraction of sp³-hybridized carbons (Fsp3) is 0.286. The van der Waals surface area contributed by atoms with Crippen LogP contribution in [0.3, 0.4) is 0 Å². The first-order chi connectivity index (χ1) is 8.63. The van der Waals surface area contributed by atoms with Crippen molar-refractivity contribution in [3.8, 4) is 0 Å². The van der Waals surface area contributed by atoms with Crippen LogP contribution in [0.25, 0.3) is 0 Å². The van der Waals surface area contributed by atoms with Gasteiger partial charge in [-0.2, -0.15) is 0 Å². The highest BCUT2D eigenvalue weighted by Crippen LogP contribution is 2.09. The van der Waals surface area contributed by atoms with E-state index in [1.165, 1.54) is 11.1 Å². The molecule has 0 amide bonds. The maximum atomic E-state index is 5.67. The van der Waals surface area contributed by atoms with Crippen molar-refractivity contribution >= 4 is 11.6 Å². The molecule has 1 heterocycles. The Morgan fingerprint density at radius 2 is 2.00 bits per heavy atom. The second kappa shape index (κ2) is 5.49. The van der Waals surface area contributed by atoms with Gasteiger partial charge in [-0.3, -0.25) is 0 Å². The van der Waals surface area contributed by atoms with Crippen molar-refractivity contribution in [3.63, 3.8) is 0 Å². The predicted molar refractivity (Wildman–Crippen MR) is 74.6 cm³/mol. The molecule has 3 N–H and O–H groups in total. The lowest BCUT2D eigenvalue weighted by Gasteiger charge is -2.07. The van der Waals surface area contributed by atoms with Gasteiger partial charge in [0, 0.05) is 12.6 Å². The molecule has 0 bridgehead atoms. The molecule has 1 aromatic carbocycles. The zero-order valence-electron chi connectivity index (χ0n) is 10.8. The summed E-state index contributed by atoms with van der Waals surface area (Å²) >= 11 is 0. The Labute approximate surface area is 107 Å². The number of nitrogens with two attached hydrogens (primary N) is 1. The van der Waals surface area contributed by atoms with Crippen LogP contribution in [0, 0.1) is 13.8 Å². The molecular formula is C14H18N4. The molecule has 0 spiro atoms. The number of benzene rings is 1. The molecule has 0 unspecified atom stereocenters. The van der Waals surface area contributed by atoms with Crippen LogP contribution in [-0.2, 0) is 6.42 Å². The van der Waals surface area contributed by atoms with Gasteiger partial charge in [0.1, 0.15) is 17.5 Å². The summed E-state index contributed by atoms with van der Waals surface area (Å²) in [6, 6.07) is 10.3. The minimum absolute atomic E-state index is 0.501. The number of aromatic nitrogens is 2. The first kappa shape index (κ1) is 12.4. The van der Waals surface area contributed by atoms with Crippen molar-refractivity contribution in [1.82, 2.24) is 9.97 Å². The lowest BCUT2D eigenvalue weighted by Crippen LogP contribution is -2.08. The lowest BCUT2D eigenvalue weighted by atomic mass is 10.1. The van der Waals surface area contributed by atoms with Crippen molar-refractivity contribution in [2.75, 3.05) is 17.6 Å². The zero-order chi connectivity index (χ0) is 13.0. The van der Waals surface area contributed by atoms with Crippen LogP contribution in [0.2, 0.25) is 0 Å². The molecule has 4 nitrogen and oxygen atoms in total. The third kappa shape index (κ3) is 3.45. The molecule has 0 saturated heterocycles. The monoisotopic (exact) mass is 242 g/mol. The number of rotatable bonds is 4. The summed E-state index contributed by atoms with van der Waals surface area (Å²) in [6.07, 6.45) is 0.963. The fourth-order valence-electron chi connectivity index (χ4n) is 1.88. The smallest absolute Gasteiger partial charge is 0.131 e. The molecular weight excluding hydrogens is 224 g/mol. The Morgan fingerprint density at radius 1 is 1.17 bits per heavy atom. The van der Waals surface area contributed by atoms with Crippen LogP contribution in [0.15, 0.2) is 30.3 Å². The molecule has 94 valence electrons. The highest BCUT2D eigenvalue weighted by molar-refractivity contribution is 5.44. The van der Waals surface area contributed by atoms with Gasteiger partial charge in [0.2, 0.25) is 0 Å². The number of aryl methyl sites for hydroxylation is 2. The summed E-state index contributed by atoms with van der Waals surface area (Å²) in [7, 11) is 0. The van der Waals surface area contributed by atoms with Crippen LogP contribution in [0.1, 0.15) is 17.0 Å². The summed E-state index contributed by atoms with van der Waals surface area (Å²) in [6.45, 7) is 4.77. The van der Waals surface area contributed by atoms with Crippen LogP contribution in [0.5, 0.6) is 0 Å². The molecule has 1 aromatic heterocycles. The minimum atomic E-state index is 0.501. The number of nitrogens with zero attached hydrogens (tertiary/aromatic N) is 2. The molecule has 4 heteroatoms. The van der Waals surface area contributed by atoms with Crippen molar-refractivity contribution < 1.29 is 0 Å². The number of hydrogen-bond acceptors (Lipinski definition) is 4. The second-order valence-corrected chi connectivity index (χ2v) is 4.39. The largest absolute Gasteiger partial charge is 0.384 e. The summed E-state index contributed by atoms with van der Waals surface area (Å²) in [5, 5.41) is 3.26. The van der Waals surface area contributed by atoms with Crippen LogP contribution < -0.4 is 11.1 Å². The summed E-state index contributed by atoms with van der Waals surface area (Å²) in [5.74, 6) is 1.97. The maximum absolute atomic E-state index is 5.67. The Bertz CT molecular complexity index is 517. The first-order valence-corrected chi connectivity index (χ1v) is 6.04. The highest BCUT2D eigenvalue weighted by atomic mass is 15.0. The molecule has 2 rings (SSSR count). The van der Waals surface area contributed by atoms with Gasteiger partial charge in [-0.05, 0) is 25.8 Å². The van der Waals surface area contributed by atoms with E-state index in [2.05, 4.69) is 46.5 Å². The van der Waals surface area contributed by atoms with Crippen molar-refractivity contribution in [2.24, 2.45) is 0 Å². The third-order valence-corrected chi connectivity index (χ3v) is 2.66. The van der Waals surface area contributed by atoms with E-state index < -0.39 is 0 Å². The Morgan fingerprint density at radius 3 is 2.72 bits per heavy atom. The zero-order valence-corrected chi connectivity index (χ0v) is 10.8. The van der Waals surface area contributed by atoms with Crippen LogP contribution >= 0.6 is 0 Å². The Balaban J connectivity index is 1.92. The minimum Gasteiger partial charge on any atom is -0.384 e. The highest BCUT2D eigenvalue weighted by Gasteiger charge is 1.99. The Kier molecular flexibility index (Phi) is 3.77. The molecule has 18 heavy (non-hydrogen) atoms. The van der Waals surface area contributed by atoms with Gasteiger partial charge < -0.3 is 11.1 Å². The second-order valence-electron chi connectivity index (χ2n) is 4.39. The average molecular weight is 242 g/mol. The normalized spacial score (nSPS) is 10.3. The standard InChI is InChI=1S/C14H18N4/c1-10-4-3-5-12(8-10)6-7-16-14-9-13(15)17-11(2)18-14/h3-5,8-9H,6-7H2,1-2H3,(H3,15,16,17,18). The van der Waals surface area contributed by atoms with Gasteiger partial charge in [0.25, 0.3) is 0 Å². The van der Waals surface area contributed by atoms with Crippen molar-refractivity contribution in [1.29, 1.82) is 0 Å². The number of nitrogen functional groups attached to an aromatic ring is 1. The van der Waals surface area contributed by atoms with Gasteiger partial charge >= 0.3 is 0 Å². The molecule has 0 aliphatic carbocycles. The predicted octanol–water partition coefficient (Wildman–Crippen LogP) is 2.33. The molecule has 0 saturated carbocycles. The van der Waals surface area contributed by atoms with Gasteiger partial charge in [-0.15, -0.1) is 0 Å². The molecule has 2 aromatic rings. The first-order valence-electron chi connectivity index (χ1n) is 6.04. The van der Waals surface area contributed by atoms with Gasteiger partial charge in [-0.25, -0.2) is 9.97 Å². The van der Waals surface area contributed by atoms with E-state index >= 15 is 0 Å². The number of anilines is 2. The Hall–Kier alpha value is -2.10. The molecule has 0 atom stereocenters. The van der Waals surface area contributed by atoms with Crippen LogP contribution in [-0.4, -0.2) is 16.5 Å². The molecule has 0 radical (unpaired) electrons. The summed E-state index contributed by atoms with van der Waals surface area (Å²) in [4.78, 5) is 8.32. The van der Waals surface area contributed by atoms with E-state index in [-0.39, 0.29) is 0 Å². The van der Waals surface area contributed by atoms with E-state index in [1.807, 2.05) is 6.92 Å². The van der Waals surface area contributed by atoms with Gasteiger partial charge in [0.15, 0.2) is 0 Å². The van der Waals surface area contributed by atoms with E-state index in [1.54, 1.807) is 6.07 Å². The maximum Gasteiger partial charge on any atom is 0.131 e. The van der Waals surface area contributed by atoms with E-state index in [0.717, 1.165) is 18.8 Å². The molecule has 0 aliphatic heterocycles. The fourth-order valence-corrected chi connectivity index (χ4v) is 1.88.